The monoisotopic (exact) mass is 234 g/mol. The molecule has 2 heteroatoms. The summed E-state index contributed by atoms with van der Waals surface area (Å²) in [5, 5.41) is 4.73. The molecule has 1 N–H and O–H groups in total. The summed E-state index contributed by atoms with van der Waals surface area (Å²) in [5.41, 5.74) is 5.29. The Bertz CT molecular complexity index is 725. The highest BCUT2D eigenvalue weighted by Crippen LogP contribution is 2.30. The van der Waals surface area contributed by atoms with Crippen molar-refractivity contribution in [1.29, 1.82) is 0 Å². The van der Waals surface area contributed by atoms with Gasteiger partial charge in [0.25, 0.3) is 0 Å². The van der Waals surface area contributed by atoms with Crippen LogP contribution in [0.5, 0.6) is 0 Å². The van der Waals surface area contributed by atoms with Crippen molar-refractivity contribution >= 4 is 16.6 Å². The van der Waals surface area contributed by atoms with E-state index in [1.54, 1.807) is 0 Å². The fourth-order valence-corrected chi connectivity index (χ4v) is 2.84. The Morgan fingerprint density at radius 3 is 2.89 bits per heavy atom. The fourth-order valence-electron chi connectivity index (χ4n) is 2.84. The number of nitrogens with zero attached hydrogens (tertiary/aromatic N) is 1. The van der Waals surface area contributed by atoms with Crippen LogP contribution >= 0.6 is 0 Å². The molecule has 1 aliphatic heterocycles. The van der Waals surface area contributed by atoms with Gasteiger partial charge in [0.1, 0.15) is 0 Å². The Morgan fingerprint density at radius 2 is 1.89 bits per heavy atom. The number of aromatic nitrogens is 1. The molecular weight excluding hydrogens is 220 g/mol. The Morgan fingerprint density at radius 1 is 0.944 bits per heavy atom. The average molecular weight is 234 g/mol. The number of benzene rings is 2. The van der Waals surface area contributed by atoms with Gasteiger partial charge in [0.05, 0.1) is 11.2 Å². The predicted octanol–water partition coefficient (Wildman–Crippen LogP) is 3.60. The minimum absolute atomic E-state index is 1.05. The summed E-state index contributed by atoms with van der Waals surface area (Å²) >= 11 is 0. The van der Waals surface area contributed by atoms with Crippen LogP contribution in [0.25, 0.3) is 16.6 Å². The van der Waals surface area contributed by atoms with Crippen molar-refractivity contribution in [3.63, 3.8) is 0 Å². The van der Waals surface area contributed by atoms with Crippen molar-refractivity contribution in [2.24, 2.45) is 0 Å². The van der Waals surface area contributed by atoms with Crippen LogP contribution in [-0.4, -0.2) is 11.1 Å². The number of rotatable bonds is 1. The summed E-state index contributed by atoms with van der Waals surface area (Å²) in [7, 11) is 0. The van der Waals surface area contributed by atoms with Crippen molar-refractivity contribution in [3.8, 4) is 5.69 Å². The fraction of sp³-hybridized carbons (Fsp3) is 0.125. The van der Waals surface area contributed by atoms with E-state index in [0.717, 1.165) is 13.0 Å². The first-order valence-corrected chi connectivity index (χ1v) is 6.36. The molecule has 88 valence electrons. The van der Waals surface area contributed by atoms with E-state index < -0.39 is 0 Å². The lowest BCUT2D eigenvalue weighted by Gasteiger charge is -2.10. The van der Waals surface area contributed by atoms with Crippen LogP contribution in [0.4, 0.5) is 5.69 Å². The molecule has 4 rings (SSSR count). The van der Waals surface area contributed by atoms with E-state index >= 15 is 0 Å². The molecule has 0 fully saturated rings. The molecule has 0 radical (unpaired) electrons. The SMILES string of the molecule is c1cc2c(c(-n3ccc4ccccc43)c1)CCN2. The maximum Gasteiger partial charge on any atom is 0.0528 e. The third-order valence-electron chi connectivity index (χ3n) is 3.70. The van der Waals surface area contributed by atoms with Gasteiger partial charge in [-0.05, 0) is 36.1 Å². The molecule has 1 aromatic heterocycles. The summed E-state index contributed by atoms with van der Waals surface area (Å²) < 4.78 is 2.29. The predicted molar refractivity (Wildman–Crippen MR) is 75.5 cm³/mol. The largest absolute Gasteiger partial charge is 0.384 e. The van der Waals surface area contributed by atoms with Crippen LogP contribution in [0.1, 0.15) is 5.56 Å². The Hall–Kier alpha value is -2.22. The molecule has 2 aromatic carbocycles. The van der Waals surface area contributed by atoms with Crippen molar-refractivity contribution < 1.29 is 0 Å². The summed E-state index contributed by atoms with van der Waals surface area (Å²) in [6.45, 7) is 1.05. The van der Waals surface area contributed by atoms with Crippen molar-refractivity contribution in [3.05, 3.63) is 60.3 Å². The summed E-state index contributed by atoms with van der Waals surface area (Å²) in [4.78, 5) is 0. The molecule has 3 aromatic rings. The van der Waals surface area contributed by atoms with Crippen molar-refractivity contribution in [2.45, 2.75) is 6.42 Å². The number of nitrogens with one attached hydrogen (secondary N) is 1. The molecule has 0 unspecified atom stereocenters. The molecule has 0 saturated carbocycles. The first kappa shape index (κ1) is 9.77. The van der Waals surface area contributed by atoms with Gasteiger partial charge in [-0.25, -0.2) is 0 Å². The van der Waals surface area contributed by atoms with E-state index in [-0.39, 0.29) is 0 Å². The molecule has 0 bridgehead atoms. The van der Waals surface area contributed by atoms with E-state index in [9.17, 15) is 0 Å². The molecule has 0 atom stereocenters. The van der Waals surface area contributed by atoms with Gasteiger partial charge >= 0.3 is 0 Å². The molecule has 0 spiro atoms. The van der Waals surface area contributed by atoms with Crippen molar-refractivity contribution in [2.75, 3.05) is 11.9 Å². The Kier molecular flexibility index (Phi) is 1.97. The second-order valence-electron chi connectivity index (χ2n) is 4.72. The maximum absolute atomic E-state index is 3.44. The molecular formula is C16H14N2. The molecule has 18 heavy (non-hydrogen) atoms. The Balaban J connectivity index is 2.01. The van der Waals surface area contributed by atoms with Crippen LogP contribution in [0, 0.1) is 0 Å². The highest BCUT2D eigenvalue weighted by atomic mass is 15.0. The van der Waals surface area contributed by atoms with Gasteiger partial charge < -0.3 is 9.88 Å². The standard InChI is InChI=1S/C16H14N2/c1-2-6-15-12(4-1)9-11-18(15)16-7-3-5-14-13(16)8-10-17-14/h1-7,9,11,17H,8,10H2. The smallest absolute Gasteiger partial charge is 0.0528 e. The highest BCUT2D eigenvalue weighted by molar-refractivity contribution is 5.82. The van der Waals surface area contributed by atoms with E-state index in [2.05, 4.69) is 64.6 Å². The summed E-state index contributed by atoms with van der Waals surface area (Å²) in [6, 6.07) is 17.2. The second-order valence-corrected chi connectivity index (χ2v) is 4.72. The molecule has 2 heterocycles. The average Bonchev–Trinajstić information content (AvgIpc) is 3.05. The summed E-state index contributed by atoms with van der Waals surface area (Å²) in [5.74, 6) is 0. The number of fused-ring (bicyclic) bond motifs is 2. The van der Waals surface area contributed by atoms with Gasteiger partial charge in [-0.2, -0.15) is 0 Å². The molecule has 1 aliphatic rings. The van der Waals surface area contributed by atoms with Crippen LogP contribution in [0.3, 0.4) is 0 Å². The van der Waals surface area contributed by atoms with Gasteiger partial charge in [0.15, 0.2) is 0 Å². The van der Waals surface area contributed by atoms with Crippen LogP contribution < -0.4 is 5.32 Å². The lowest BCUT2D eigenvalue weighted by Crippen LogP contribution is -1.96. The van der Waals surface area contributed by atoms with Gasteiger partial charge in [0.2, 0.25) is 0 Å². The zero-order valence-corrected chi connectivity index (χ0v) is 10.1. The van der Waals surface area contributed by atoms with E-state index in [1.807, 2.05) is 0 Å². The quantitative estimate of drug-likeness (QED) is 0.680. The van der Waals surface area contributed by atoms with Gasteiger partial charge in [-0.1, -0.05) is 24.3 Å². The molecule has 0 aliphatic carbocycles. The van der Waals surface area contributed by atoms with Crippen LogP contribution in [0.2, 0.25) is 0 Å². The number of anilines is 1. The minimum atomic E-state index is 1.05. The zero-order chi connectivity index (χ0) is 11.9. The number of hydrogen-bond donors (Lipinski definition) is 1. The first-order chi connectivity index (χ1) is 8.93. The minimum Gasteiger partial charge on any atom is -0.384 e. The first-order valence-electron chi connectivity index (χ1n) is 6.36. The van der Waals surface area contributed by atoms with E-state index in [4.69, 9.17) is 0 Å². The summed E-state index contributed by atoms with van der Waals surface area (Å²) in [6.07, 6.45) is 3.27. The van der Waals surface area contributed by atoms with Crippen LogP contribution in [0.15, 0.2) is 54.7 Å². The Labute approximate surface area is 106 Å². The second kappa shape index (κ2) is 3.64. The molecule has 0 saturated heterocycles. The number of para-hydroxylation sites is 1. The third kappa shape index (κ3) is 1.29. The normalized spacial score (nSPS) is 13.6. The van der Waals surface area contributed by atoms with Crippen LogP contribution in [-0.2, 0) is 6.42 Å². The third-order valence-corrected chi connectivity index (χ3v) is 3.70. The molecule has 2 nitrogen and oxygen atoms in total. The maximum atomic E-state index is 3.44. The van der Waals surface area contributed by atoms with E-state index in [0.29, 0.717) is 0 Å². The molecule has 0 amide bonds. The van der Waals surface area contributed by atoms with Gasteiger partial charge in [-0.3, -0.25) is 0 Å². The van der Waals surface area contributed by atoms with E-state index in [1.165, 1.54) is 27.8 Å². The van der Waals surface area contributed by atoms with Gasteiger partial charge in [-0.15, -0.1) is 0 Å². The van der Waals surface area contributed by atoms with Crippen molar-refractivity contribution in [1.82, 2.24) is 4.57 Å². The lowest BCUT2D eigenvalue weighted by molar-refractivity contribution is 1.05. The zero-order valence-electron chi connectivity index (χ0n) is 10.1. The topological polar surface area (TPSA) is 17.0 Å². The lowest BCUT2D eigenvalue weighted by atomic mass is 10.1. The highest BCUT2D eigenvalue weighted by Gasteiger charge is 2.15. The number of hydrogen-bond acceptors (Lipinski definition) is 1. The van der Waals surface area contributed by atoms with Gasteiger partial charge in [0, 0.05) is 24.0 Å².